The third-order valence-corrected chi connectivity index (χ3v) is 5.49. The molecule has 1 atom stereocenters. The van der Waals surface area contributed by atoms with Crippen molar-refractivity contribution in [1.29, 1.82) is 0 Å². The number of hydrogen-bond acceptors (Lipinski definition) is 2. The van der Waals surface area contributed by atoms with Crippen LogP contribution in [0.3, 0.4) is 0 Å². The topological polar surface area (TPSA) is 45.5 Å². The number of aliphatic hydroxyl groups excluding tert-OH is 1. The Morgan fingerprint density at radius 3 is 2.07 bits per heavy atom. The summed E-state index contributed by atoms with van der Waals surface area (Å²) in [5, 5.41) is 11.8. The number of hydrogen-bond donors (Lipinski definition) is 1. The molecule has 1 saturated heterocycles. The van der Waals surface area contributed by atoms with Gasteiger partial charge in [0.25, 0.3) is 0 Å². The highest BCUT2D eigenvalue weighted by atomic mass is 19.1. The Hall–Kier alpha value is -2.47. The number of carbonyl (C=O) groups is 1. The van der Waals surface area contributed by atoms with Crippen molar-refractivity contribution in [3.8, 4) is 0 Å². The fraction of sp³-hybridized carbons (Fsp3) is 0.381. The molecule has 2 aromatic carbocycles. The molecule has 0 spiro atoms. The average Bonchev–Trinajstić information content (AvgIpc) is 3.03. The number of rotatable bonds is 4. The number of aliphatic hydroxyl groups is 1. The van der Waals surface area contributed by atoms with Crippen molar-refractivity contribution in [2.45, 2.75) is 32.9 Å². The van der Waals surface area contributed by atoms with E-state index in [1.807, 2.05) is 18.4 Å². The summed E-state index contributed by atoms with van der Waals surface area (Å²) in [5.41, 5.74) is 1.06. The molecule has 4 rings (SSSR count). The van der Waals surface area contributed by atoms with E-state index in [0.717, 1.165) is 17.5 Å². The SMILES string of the molecule is CC1(C)CCN(CC(O)Cn2c3ccc(F)cc3c3cc(F)ccc32)C1=O. The first-order valence-electron chi connectivity index (χ1n) is 9.11. The summed E-state index contributed by atoms with van der Waals surface area (Å²) in [5.74, 6) is -0.736. The molecule has 27 heavy (non-hydrogen) atoms. The van der Waals surface area contributed by atoms with Gasteiger partial charge in [-0.3, -0.25) is 4.79 Å². The summed E-state index contributed by atoms with van der Waals surface area (Å²) in [6.07, 6.45) is -0.0105. The predicted molar refractivity (Wildman–Crippen MR) is 100 cm³/mol. The van der Waals surface area contributed by atoms with Crippen LogP contribution in [0, 0.1) is 17.0 Å². The molecule has 2 heterocycles. The van der Waals surface area contributed by atoms with Crippen LogP contribution in [0.25, 0.3) is 21.8 Å². The molecule has 1 unspecified atom stereocenters. The predicted octanol–water partition coefficient (Wildman–Crippen LogP) is 3.69. The standard InChI is InChI=1S/C21H22F2N2O2/c1-21(2)7-8-24(20(21)27)11-15(26)12-25-18-5-3-13(22)9-16(18)17-10-14(23)4-6-19(17)25/h3-6,9-10,15,26H,7-8,11-12H2,1-2H3. The molecule has 142 valence electrons. The highest BCUT2D eigenvalue weighted by Crippen LogP contribution is 2.32. The van der Waals surface area contributed by atoms with Crippen LogP contribution < -0.4 is 0 Å². The van der Waals surface area contributed by atoms with Crippen molar-refractivity contribution >= 4 is 27.7 Å². The van der Waals surface area contributed by atoms with E-state index in [0.29, 0.717) is 17.3 Å². The van der Waals surface area contributed by atoms with Gasteiger partial charge in [-0.05, 0) is 42.8 Å². The number of likely N-dealkylation sites (tertiary alicyclic amines) is 1. The van der Waals surface area contributed by atoms with Crippen molar-refractivity contribution in [2.24, 2.45) is 5.41 Å². The van der Waals surface area contributed by atoms with E-state index in [1.54, 1.807) is 17.0 Å². The quantitative estimate of drug-likeness (QED) is 0.759. The highest BCUT2D eigenvalue weighted by Gasteiger charge is 2.39. The Morgan fingerprint density at radius 2 is 1.59 bits per heavy atom. The number of carbonyl (C=O) groups excluding carboxylic acids is 1. The molecule has 6 heteroatoms. The molecule has 1 N–H and O–H groups in total. The number of β-amino-alcohol motifs (C(OH)–C–C–N with tert-alkyl or cyclic N) is 1. The molecule has 1 fully saturated rings. The average molecular weight is 372 g/mol. The number of benzene rings is 2. The monoisotopic (exact) mass is 372 g/mol. The van der Waals surface area contributed by atoms with Gasteiger partial charge in [-0.2, -0.15) is 0 Å². The van der Waals surface area contributed by atoms with E-state index in [2.05, 4.69) is 0 Å². The first-order valence-corrected chi connectivity index (χ1v) is 9.11. The van der Waals surface area contributed by atoms with E-state index in [9.17, 15) is 18.7 Å². The molecule has 1 aliphatic heterocycles. The fourth-order valence-corrected chi connectivity index (χ4v) is 3.99. The van der Waals surface area contributed by atoms with Gasteiger partial charge in [-0.15, -0.1) is 0 Å². The lowest BCUT2D eigenvalue weighted by Crippen LogP contribution is -2.38. The van der Waals surface area contributed by atoms with Crippen molar-refractivity contribution < 1.29 is 18.7 Å². The van der Waals surface area contributed by atoms with Gasteiger partial charge < -0.3 is 14.6 Å². The number of halogens is 2. The van der Waals surface area contributed by atoms with Crippen LogP contribution in [0.4, 0.5) is 8.78 Å². The molecule has 4 nitrogen and oxygen atoms in total. The largest absolute Gasteiger partial charge is 0.389 e. The van der Waals surface area contributed by atoms with Crippen LogP contribution in [0.2, 0.25) is 0 Å². The first-order chi connectivity index (χ1) is 12.8. The van der Waals surface area contributed by atoms with Gasteiger partial charge in [-0.25, -0.2) is 8.78 Å². The van der Waals surface area contributed by atoms with Crippen LogP contribution in [0.5, 0.6) is 0 Å². The van der Waals surface area contributed by atoms with E-state index in [-0.39, 0.29) is 24.4 Å². The van der Waals surface area contributed by atoms with Crippen LogP contribution in [0.15, 0.2) is 36.4 Å². The molecule has 0 bridgehead atoms. The van der Waals surface area contributed by atoms with Gasteiger partial charge in [0, 0.05) is 40.3 Å². The van der Waals surface area contributed by atoms with E-state index >= 15 is 0 Å². The van der Waals surface area contributed by atoms with Crippen molar-refractivity contribution in [2.75, 3.05) is 13.1 Å². The lowest BCUT2D eigenvalue weighted by Gasteiger charge is -2.23. The van der Waals surface area contributed by atoms with E-state index in [4.69, 9.17) is 0 Å². The number of aromatic nitrogens is 1. The van der Waals surface area contributed by atoms with E-state index in [1.165, 1.54) is 24.3 Å². The molecule has 0 radical (unpaired) electrons. The smallest absolute Gasteiger partial charge is 0.228 e. The van der Waals surface area contributed by atoms with Crippen molar-refractivity contribution in [3.05, 3.63) is 48.0 Å². The number of fused-ring (bicyclic) bond motifs is 3. The van der Waals surface area contributed by atoms with E-state index < -0.39 is 17.7 Å². The zero-order chi connectivity index (χ0) is 19.3. The maximum Gasteiger partial charge on any atom is 0.228 e. The zero-order valence-corrected chi connectivity index (χ0v) is 15.4. The third-order valence-electron chi connectivity index (χ3n) is 5.49. The van der Waals surface area contributed by atoms with Gasteiger partial charge in [0.05, 0.1) is 12.6 Å². The third kappa shape index (κ3) is 3.08. The second kappa shape index (κ2) is 6.30. The van der Waals surface area contributed by atoms with Crippen LogP contribution in [0.1, 0.15) is 20.3 Å². The molecule has 1 amide bonds. The maximum absolute atomic E-state index is 13.7. The summed E-state index contributed by atoms with van der Waals surface area (Å²) in [7, 11) is 0. The van der Waals surface area contributed by atoms with Gasteiger partial charge in [-0.1, -0.05) is 13.8 Å². The summed E-state index contributed by atoms with van der Waals surface area (Å²) in [4.78, 5) is 14.1. The normalized spacial score (nSPS) is 18.0. The molecule has 0 saturated carbocycles. The van der Waals surface area contributed by atoms with Crippen LogP contribution in [-0.4, -0.2) is 39.7 Å². The minimum absolute atomic E-state index is 0.0490. The number of amides is 1. The zero-order valence-electron chi connectivity index (χ0n) is 15.4. The lowest BCUT2D eigenvalue weighted by molar-refractivity contribution is -0.135. The Bertz CT molecular complexity index is 982. The van der Waals surface area contributed by atoms with Crippen molar-refractivity contribution in [3.63, 3.8) is 0 Å². The number of nitrogens with zero attached hydrogens (tertiary/aromatic N) is 2. The summed E-state index contributed by atoms with van der Waals surface area (Å²) in [6.45, 7) is 4.94. The second-order valence-corrected chi connectivity index (χ2v) is 7.97. The van der Waals surface area contributed by atoms with Crippen LogP contribution in [-0.2, 0) is 11.3 Å². The summed E-state index contributed by atoms with van der Waals surface area (Å²) >= 11 is 0. The molecule has 0 aliphatic carbocycles. The molecule has 1 aromatic heterocycles. The minimum atomic E-state index is -0.781. The Labute approximate surface area is 156 Å². The van der Waals surface area contributed by atoms with Crippen molar-refractivity contribution in [1.82, 2.24) is 9.47 Å². The van der Waals surface area contributed by atoms with Gasteiger partial charge >= 0.3 is 0 Å². The van der Waals surface area contributed by atoms with Gasteiger partial charge in [0.2, 0.25) is 5.91 Å². The molecular formula is C21H22F2N2O2. The second-order valence-electron chi connectivity index (χ2n) is 7.97. The maximum atomic E-state index is 13.7. The fourth-order valence-electron chi connectivity index (χ4n) is 3.99. The van der Waals surface area contributed by atoms with Gasteiger partial charge in [0.15, 0.2) is 0 Å². The highest BCUT2D eigenvalue weighted by molar-refractivity contribution is 6.08. The summed E-state index contributed by atoms with van der Waals surface area (Å²) < 4.78 is 29.3. The Balaban J connectivity index is 1.68. The first kappa shape index (κ1) is 17.9. The van der Waals surface area contributed by atoms with Crippen LogP contribution >= 0.6 is 0 Å². The lowest BCUT2D eigenvalue weighted by atomic mass is 9.92. The molecule has 1 aliphatic rings. The Morgan fingerprint density at radius 1 is 1.04 bits per heavy atom. The minimum Gasteiger partial charge on any atom is -0.389 e. The Kier molecular flexibility index (Phi) is 4.18. The molecule has 3 aromatic rings. The molecular weight excluding hydrogens is 350 g/mol. The van der Waals surface area contributed by atoms with Gasteiger partial charge in [0.1, 0.15) is 11.6 Å². The summed E-state index contributed by atoms with van der Waals surface area (Å²) in [6, 6.07) is 8.75.